The van der Waals surface area contributed by atoms with Crippen LogP contribution in [0.2, 0.25) is 0 Å². The molecule has 6 heteroatoms. The SMILES string of the molecule is CCC(NC(=O)NCCCC(=O)O)C(C)(C)O. The first-order valence-electron chi connectivity index (χ1n) is 5.76. The van der Waals surface area contributed by atoms with E-state index in [0.717, 1.165) is 0 Å². The zero-order valence-electron chi connectivity index (χ0n) is 10.6. The molecule has 0 radical (unpaired) electrons. The summed E-state index contributed by atoms with van der Waals surface area (Å²) in [5, 5.41) is 23.4. The second-order valence-corrected chi connectivity index (χ2v) is 4.51. The molecule has 2 amide bonds. The zero-order valence-corrected chi connectivity index (χ0v) is 10.6. The third-order valence-electron chi connectivity index (χ3n) is 2.42. The number of aliphatic hydroxyl groups is 1. The number of aliphatic carboxylic acids is 1. The molecule has 100 valence electrons. The van der Waals surface area contributed by atoms with E-state index in [2.05, 4.69) is 10.6 Å². The van der Waals surface area contributed by atoms with Crippen LogP contribution < -0.4 is 10.6 Å². The minimum atomic E-state index is -0.979. The molecule has 4 N–H and O–H groups in total. The molecule has 0 aliphatic heterocycles. The Bertz CT molecular complexity index is 261. The van der Waals surface area contributed by atoms with Gasteiger partial charge in [-0.25, -0.2) is 4.79 Å². The van der Waals surface area contributed by atoms with Crippen molar-refractivity contribution in [3.63, 3.8) is 0 Å². The van der Waals surface area contributed by atoms with Gasteiger partial charge in [-0.05, 0) is 26.7 Å². The predicted octanol–water partition coefficient (Wildman–Crippen LogP) is 0.700. The molecule has 1 atom stereocenters. The van der Waals surface area contributed by atoms with Gasteiger partial charge in [-0.1, -0.05) is 6.92 Å². The smallest absolute Gasteiger partial charge is 0.315 e. The molecule has 0 aliphatic carbocycles. The topological polar surface area (TPSA) is 98.7 Å². The number of carbonyl (C=O) groups is 2. The highest BCUT2D eigenvalue weighted by Crippen LogP contribution is 2.11. The monoisotopic (exact) mass is 246 g/mol. The van der Waals surface area contributed by atoms with Gasteiger partial charge in [-0.3, -0.25) is 4.79 Å². The number of rotatable bonds is 7. The molecule has 0 heterocycles. The standard InChI is InChI=1S/C11H22N2O4/c1-4-8(11(2,3)17)13-10(16)12-7-5-6-9(14)15/h8,17H,4-7H2,1-3H3,(H,14,15)(H2,12,13,16). The fourth-order valence-corrected chi connectivity index (χ4v) is 1.43. The number of carboxylic acids is 1. The molecular formula is C11H22N2O4. The van der Waals surface area contributed by atoms with Crippen LogP contribution in [-0.4, -0.2) is 40.4 Å². The van der Waals surface area contributed by atoms with E-state index in [1.54, 1.807) is 13.8 Å². The van der Waals surface area contributed by atoms with E-state index in [-0.39, 0.29) is 18.5 Å². The Morgan fingerprint density at radius 3 is 2.35 bits per heavy atom. The average molecular weight is 246 g/mol. The van der Waals surface area contributed by atoms with Crippen LogP contribution in [0.1, 0.15) is 40.0 Å². The first kappa shape index (κ1) is 15.7. The number of amides is 2. The normalized spacial score (nSPS) is 12.9. The maximum absolute atomic E-state index is 11.4. The summed E-state index contributed by atoms with van der Waals surface area (Å²) in [5.41, 5.74) is -0.979. The summed E-state index contributed by atoms with van der Waals surface area (Å²) in [6.07, 6.45) is 1.04. The van der Waals surface area contributed by atoms with Gasteiger partial charge in [-0.15, -0.1) is 0 Å². The van der Waals surface area contributed by atoms with Crippen LogP contribution in [0.5, 0.6) is 0 Å². The number of hydrogen-bond acceptors (Lipinski definition) is 3. The van der Waals surface area contributed by atoms with Crippen LogP contribution in [0.3, 0.4) is 0 Å². The summed E-state index contributed by atoms with van der Waals surface area (Å²) in [6.45, 7) is 5.44. The minimum absolute atomic E-state index is 0.0307. The lowest BCUT2D eigenvalue weighted by Crippen LogP contribution is -2.52. The van der Waals surface area contributed by atoms with Gasteiger partial charge in [0.2, 0.25) is 0 Å². The molecule has 0 saturated heterocycles. The maximum atomic E-state index is 11.4. The van der Waals surface area contributed by atoms with Gasteiger partial charge >= 0.3 is 12.0 Å². The Morgan fingerprint density at radius 2 is 1.94 bits per heavy atom. The van der Waals surface area contributed by atoms with E-state index in [0.29, 0.717) is 19.4 Å². The lowest BCUT2D eigenvalue weighted by molar-refractivity contribution is -0.137. The summed E-state index contributed by atoms with van der Waals surface area (Å²) < 4.78 is 0. The van der Waals surface area contributed by atoms with E-state index in [1.807, 2.05) is 6.92 Å². The van der Waals surface area contributed by atoms with Gasteiger partial charge in [0.25, 0.3) is 0 Å². The highest BCUT2D eigenvalue weighted by atomic mass is 16.4. The first-order chi connectivity index (χ1) is 7.77. The van der Waals surface area contributed by atoms with Crippen LogP contribution in [0, 0.1) is 0 Å². The van der Waals surface area contributed by atoms with Gasteiger partial charge < -0.3 is 20.8 Å². The van der Waals surface area contributed by atoms with E-state index in [1.165, 1.54) is 0 Å². The van der Waals surface area contributed by atoms with Gasteiger partial charge in [0.1, 0.15) is 0 Å². The number of urea groups is 1. The van der Waals surface area contributed by atoms with Crippen LogP contribution in [0.4, 0.5) is 4.79 Å². The lowest BCUT2D eigenvalue weighted by atomic mass is 9.97. The van der Waals surface area contributed by atoms with Crippen molar-refractivity contribution in [2.75, 3.05) is 6.54 Å². The predicted molar refractivity (Wildman–Crippen MR) is 63.8 cm³/mol. The molecular weight excluding hydrogens is 224 g/mol. The Labute approximate surface area is 101 Å². The van der Waals surface area contributed by atoms with Gasteiger partial charge in [0.05, 0.1) is 11.6 Å². The van der Waals surface area contributed by atoms with Crippen LogP contribution in [0.25, 0.3) is 0 Å². The highest BCUT2D eigenvalue weighted by Gasteiger charge is 2.26. The van der Waals surface area contributed by atoms with Crippen LogP contribution in [0.15, 0.2) is 0 Å². The summed E-state index contributed by atoms with van der Waals surface area (Å²) in [5.74, 6) is -0.880. The van der Waals surface area contributed by atoms with Crippen molar-refractivity contribution < 1.29 is 19.8 Å². The molecule has 0 spiro atoms. The van der Waals surface area contributed by atoms with Crippen molar-refractivity contribution in [1.29, 1.82) is 0 Å². The second-order valence-electron chi connectivity index (χ2n) is 4.51. The molecule has 0 bridgehead atoms. The molecule has 0 saturated carbocycles. The van der Waals surface area contributed by atoms with Crippen molar-refractivity contribution in [3.8, 4) is 0 Å². The number of hydrogen-bond donors (Lipinski definition) is 4. The van der Waals surface area contributed by atoms with Gasteiger partial charge in [0.15, 0.2) is 0 Å². The summed E-state index contributed by atoms with van der Waals surface area (Å²) in [6, 6.07) is -0.716. The first-order valence-corrected chi connectivity index (χ1v) is 5.76. The van der Waals surface area contributed by atoms with E-state index < -0.39 is 11.6 Å². The number of nitrogens with one attached hydrogen (secondary N) is 2. The van der Waals surface area contributed by atoms with Crippen molar-refractivity contribution >= 4 is 12.0 Å². The zero-order chi connectivity index (χ0) is 13.5. The van der Waals surface area contributed by atoms with Crippen LogP contribution >= 0.6 is 0 Å². The van der Waals surface area contributed by atoms with Crippen molar-refractivity contribution in [2.24, 2.45) is 0 Å². The Balaban J connectivity index is 3.88. The molecule has 1 unspecified atom stereocenters. The third-order valence-corrected chi connectivity index (χ3v) is 2.42. The fourth-order valence-electron chi connectivity index (χ4n) is 1.43. The lowest BCUT2D eigenvalue weighted by Gasteiger charge is -2.29. The fraction of sp³-hybridized carbons (Fsp3) is 0.818. The highest BCUT2D eigenvalue weighted by molar-refractivity contribution is 5.74. The number of carboxylic acid groups (broad SMARTS) is 1. The van der Waals surface area contributed by atoms with Crippen LogP contribution in [-0.2, 0) is 4.79 Å². The summed E-state index contributed by atoms with van der Waals surface area (Å²) >= 11 is 0. The summed E-state index contributed by atoms with van der Waals surface area (Å²) in [4.78, 5) is 21.7. The maximum Gasteiger partial charge on any atom is 0.315 e. The molecule has 0 aromatic rings. The Morgan fingerprint density at radius 1 is 1.35 bits per heavy atom. The van der Waals surface area contributed by atoms with Crippen molar-refractivity contribution in [2.45, 2.75) is 51.7 Å². The molecule has 0 aromatic heterocycles. The largest absolute Gasteiger partial charge is 0.481 e. The van der Waals surface area contributed by atoms with E-state index in [9.17, 15) is 14.7 Å². The molecule has 0 rings (SSSR count). The third kappa shape index (κ3) is 7.57. The molecule has 0 aliphatic rings. The van der Waals surface area contributed by atoms with Gasteiger partial charge in [-0.2, -0.15) is 0 Å². The number of carbonyl (C=O) groups excluding carboxylic acids is 1. The molecule has 17 heavy (non-hydrogen) atoms. The Hall–Kier alpha value is -1.30. The van der Waals surface area contributed by atoms with Gasteiger partial charge in [0, 0.05) is 13.0 Å². The van der Waals surface area contributed by atoms with E-state index >= 15 is 0 Å². The molecule has 0 aromatic carbocycles. The van der Waals surface area contributed by atoms with Crippen molar-refractivity contribution in [3.05, 3.63) is 0 Å². The quantitative estimate of drug-likeness (QED) is 0.497. The minimum Gasteiger partial charge on any atom is -0.481 e. The van der Waals surface area contributed by atoms with Crippen molar-refractivity contribution in [1.82, 2.24) is 10.6 Å². The average Bonchev–Trinajstić information content (AvgIpc) is 2.19. The molecule has 0 fully saturated rings. The Kier molecular flexibility index (Phi) is 6.57. The molecule has 6 nitrogen and oxygen atoms in total. The summed E-state index contributed by atoms with van der Waals surface area (Å²) in [7, 11) is 0. The second kappa shape index (κ2) is 7.11. The van der Waals surface area contributed by atoms with E-state index in [4.69, 9.17) is 5.11 Å².